The first-order chi connectivity index (χ1) is 9.63. The molecule has 7 nitrogen and oxygen atoms in total. The van der Waals surface area contributed by atoms with E-state index in [4.69, 9.17) is 5.73 Å². The van der Waals surface area contributed by atoms with Gasteiger partial charge in [0, 0.05) is 25.0 Å². The van der Waals surface area contributed by atoms with Crippen molar-refractivity contribution < 1.29 is 4.79 Å². The van der Waals surface area contributed by atoms with Crippen molar-refractivity contribution in [1.29, 1.82) is 0 Å². The number of amides is 1. The Morgan fingerprint density at radius 2 is 2.33 bits per heavy atom. The van der Waals surface area contributed by atoms with E-state index < -0.39 is 0 Å². The molecule has 0 spiro atoms. The molecular formula is C12H18BrClN6O. The predicted octanol–water partition coefficient (Wildman–Crippen LogP) is 1.56. The smallest absolute Gasteiger partial charge is 0.291 e. The molecule has 3 N–H and O–H groups in total. The van der Waals surface area contributed by atoms with Crippen molar-refractivity contribution >= 4 is 40.0 Å². The third-order valence-corrected chi connectivity index (χ3v) is 3.30. The topological polar surface area (TPSA) is 98.2 Å². The zero-order valence-corrected chi connectivity index (χ0v) is 14.0. The highest BCUT2D eigenvalue weighted by Gasteiger charge is 2.17. The number of carbonyl (C=O) groups is 1. The number of rotatable bonds is 6. The Balaban J connectivity index is 0.00000220. The summed E-state index contributed by atoms with van der Waals surface area (Å²) in [5.41, 5.74) is 5.66. The molecule has 2 rings (SSSR count). The van der Waals surface area contributed by atoms with Gasteiger partial charge >= 0.3 is 0 Å². The lowest BCUT2D eigenvalue weighted by molar-refractivity contribution is 0.0925. The van der Waals surface area contributed by atoms with Gasteiger partial charge in [-0.3, -0.25) is 4.79 Å². The van der Waals surface area contributed by atoms with Gasteiger partial charge in [-0.15, -0.1) is 17.5 Å². The lowest BCUT2D eigenvalue weighted by Crippen LogP contribution is -2.40. The Hall–Kier alpha value is -1.25. The minimum atomic E-state index is -0.321. The fourth-order valence-corrected chi connectivity index (χ4v) is 2.10. The van der Waals surface area contributed by atoms with Gasteiger partial charge in [0.15, 0.2) is 0 Å². The largest absolute Gasteiger partial charge is 0.345 e. The second-order valence-electron chi connectivity index (χ2n) is 4.50. The van der Waals surface area contributed by atoms with Crippen molar-refractivity contribution in [3.63, 3.8) is 0 Å². The standard InChI is InChI=1S/C12H17BrN6O.ClH/c1-2-3-4-9(5-14)16-11(20)10-17-12-15-6-8(13)7-19(12)18-10;/h6-7,9H,2-5,14H2,1H3,(H,16,20);1H. The number of hydrogen-bond donors (Lipinski definition) is 2. The van der Waals surface area contributed by atoms with Crippen molar-refractivity contribution in [3.05, 3.63) is 22.7 Å². The highest BCUT2D eigenvalue weighted by molar-refractivity contribution is 9.10. The van der Waals surface area contributed by atoms with Gasteiger partial charge in [-0.2, -0.15) is 4.98 Å². The molecular weight excluding hydrogens is 360 g/mol. The molecule has 0 radical (unpaired) electrons. The third-order valence-electron chi connectivity index (χ3n) is 2.89. The summed E-state index contributed by atoms with van der Waals surface area (Å²) < 4.78 is 2.23. The highest BCUT2D eigenvalue weighted by Crippen LogP contribution is 2.08. The van der Waals surface area contributed by atoms with E-state index in [0.717, 1.165) is 23.7 Å². The Morgan fingerprint density at radius 1 is 1.57 bits per heavy atom. The summed E-state index contributed by atoms with van der Waals surface area (Å²) in [6.45, 7) is 2.51. The molecule has 1 unspecified atom stereocenters. The first-order valence-electron chi connectivity index (χ1n) is 6.53. The van der Waals surface area contributed by atoms with Gasteiger partial charge in [0.05, 0.1) is 4.47 Å². The molecule has 1 amide bonds. The zero-order chi connectivity index (χ0) is 14.5. The van der Waals surface area contributed by atoms with Crippen molar-refractivity contribution in [3.8, 4) is 0 Å². The quantitative estimate of drug-likeness (QED) is 0.796. The molecule has 2 heterocycles. The molecule has 1 atom stereocenters. The average molecular weight is 378 g/mol. The minimum Gasteiger partial charge on any atom is -0.345 e. The summed E-state index contributed by atoms with van der Waals surface area (Å²) in [4.78, 5) is 20.2. The SMILES string of the molecule is CCCCC(CN)NC(=O)c1nc2ncc(Br)cn2n1.Cl. The van der Waals surface area contributed by atoms with Gasteiger partial charge in [0.25, 0.3) is 11.7 Å². The van der Waals surface area contributed by atoms with Crippen LogP contribution in [0.15, 0.2) is 16.9 Å². The molecule has 0 saturated carbocycles. The van der Waals surface area contributed by atoms with Crippen molar-refractivity contribution in [2.24, 2.45) is 5.73 Å². The number of nitrogens with zero attached hydrogens (tertiary/aromatic N) is 4. The lowest BCUT2D eigenvalue weighted by Gasteiger charge is -2.14. The van der Waals surface area contributed by atoms with Crippen molar-refractivity contribution in [1.82, 2.24) is 24.9 Å². The molecule has 0 bridgehead atoms. The van der Waals surface area contributed by atoms with Crippen LogP contribution in [0.25, 0.3) is 5.78 Å². The fraction of sp³-hybridized carbons (Fsp3) is 0.500. The van der Waals surface area contributed by atoms with Crippen LogP contribution in [-0.2, 0) is 0 Å². The first-order valence-corrected chi connectivity index (χ1v) is 7.32. The zero-order valence-electron chi connectivity index (χ0n) is 11.6. The van der Waals surface area contributed by atoms with E-state index in [0.29, 0.717) is 12.3 Å². The Labute approximate surface area is 137 Å². The normalized spacial score (nSPS) is 12.0. The minimum absolute atomic E-state index is 0. The van der Waals surface area contributed by atoms with Crippen LogP contribution in [0.5, 0.6) is 0 Å². The molecule has 9 heteroatoms. The summed E-state index contributed by atoms with van der Waals surface area (Å²) >= 11 is 3.29. The number of fused-ring (bicyclic) bond motifs is 1. The third kappa shape index (κ3) is 4.62. The lowest BCUT2D eigenvalue weighted by atomic mass is 10.1. The van der Waals surface area contributed by atoms with Crippen molar-refractivity contribution in [2.75, 3.05) is 6.54 Å². The van der Waals surface area contributed by atoms with Gasteiger partial charge in [-0.25, -0.2) is 9.50 Å². The maximum Gasteiger partial charge on any atom is 0.291 e. The second-order valence-corrected chi connectivity index (χ2v) is 5.42. The van der Waals surface area contributed by atoms with Gasteiger partial charge in [-0.1, -0.05) is 19.8 Å². The van der Waals surface area contributed by atoms with Gasteiger partial charge in [0.2, 0.25) is 5.82 Å². The van der Waals surface area contributed by atoms with E-state index in [1.54, 1.807) is 12.4 Å². The van der Waals surface area contributed by atoms with E-state index in [1.807, 2.05) is 0 Å². The Kier molecular flexibility index (Phi) is 7.00. The fourth-order valence-electron chi connectivity index (χ4n) is 1.80. The number of nitrogens with two attached hydrogens (primary N) is 1. The maximum atomic E-state index is 12.1. The number of nitrogens with one attached hydrogen (secondary N) is 1. The Morgan fingerprint density at radius 3 is 3.00 bits per heavy atom. The van der Waals surface area contributed by atoms with Crippen LogP contribution in [-0.4, -0.2) is 38.1 Å². The number of halogens is 2. The van der Waals surface area contributed by atoms with E-state index in [9.17, 15) is 4.79 Å². The van der Waals surface area contributed by atoms with Crippen LogP contribution < -0.4 is 11.1 Å². The van der Waals surface area contributed by atoms with Crippen LogP contribution in [0.1, 0.15) is 36.8 Å². The average Bonchev–Trinajstić information content (AvgIpc) is 2.86. The van der Waals surface area contributed by atoms with E-state index in [-0.39, 0.29) is 30.2 Å². The number of hydrogen-bond acceptors (Lipinski definition) is 5. The van der Waals surface area contributed by atoms with E-state index in [2.05, 4.69) is 43.2 Å². The summed E-state index contributed by atoms with van der Waals surface area (Å²) in [6.07, 6.45) is 6.25. The number of carbonyl (C=O) groups excluding carboxylic acids is 1. The van der Waals surface area contributed by atoms with Gasteiger partial charge in [-0.05, 0) is 22.4 Å². The van der Waals surface area contributed by atoms with E-state index >= 15 is 0 Å². The molecule has 116 valence electrons. The monoisotopic (exact) mass is 376 g/mol. The van der Waals surface area contributed by atoms with E-state index in [1.165, 1.54) is 4.52 Å². The highest BCUT2D eigenvalue weighted by atomic mass is 79.9. The molecule has 0 fully saturated rings. The van der Waals surface area contributed by atoms with Crippen LogP contribution in [0.4, 0.5) is 0 Å². The molecule has 0 aliphatic carbocycles. The Bertz CT molecular complexity index is 604. The summed E-state index contributed by atoms with van der Waals surface area (Å²) in [5.74, 6) is 0.167. The molecule has 0 aromatic carbocycles. The number of unbranched alkanes of at least 4 members (excludes halogenated alkanes) is 1. The molecule has 0 saturated heterocycles. The number of aromatic nitrogens is 4. The summed E-state index contributed by atoms with van der Waals surface area (Å²) in [7, 11) is 0. The first kappa shape index (κ1) is 17.8. The van der Waals surface area contributed by atoms with Crippen LogP contribution in [0.2, 0.25) is 0 Å². The van der Waals surface area contributed by atoms with Crippen LogP contribution >= 0.6 is 28.3 Å². The molecule has 0 aliphatic heterocycles. The second kappa shape index (κ2) is 8.26. The maximum absolute atomic E-state index is 12.1. The predicted molar refractivity (Wildman–Crippen MR) is 85.6 cm³/mol. The summed E-state index contributed by atoms with van der Waals surface area (Å²) in [5, 5.41) is 6.95. The molecule has 2 aromatic heterocycles. The van der Waals surface area contributed by atoms with Crippen LogP contribution in [0.3, 0.4) is 0 Å². The van der Waals surface area contributed by atoms with Gasteiger partial charge in [0.1, 0.15) is 0 Å². The van der Waals surface area contributed by atoms with Crippen molar-refractivity contribution in [2.45, 2.75) is 32.2 Å². The molecule has 2 aromatic rings. The van der Waals surface area contributed by atoms with Crippen LogP contribution in [0, 0.1) is 0 Å². The molecule has 21 heavy (non-hydrogen) atoms. The van der Waals surface area contributed by atoms with Gasteiger partial charge < -0.3 is 11.1 Å². The molecule has 0 aliphatic rings. The summed E-state index contributed by atoms with van der Waals surface area (Å²) in [6, 6.07) is -0.0474.